The maximum absolute atomic E-state index is 14.4. The minimum Gasteiger partial charge on any atom is -0.354 e. The van der Waals surface area contributed by atoms with Crippen molar-refractivity contribution in [2.75, 3.05) is 23.7 Å². The molecule has 0 fully saturated rings. The van der Waals surface area contributed by atoms with Gasteiger partial charge >= 0.3 is 0 Å². The molecule has 0 saturated heterocycles. The lowest BCUT2D eigenvalue weighted by Gasteiger charge is -2.31. The summed E-state index contributed by atoms with van der Waals surface area (Å²) in [4.78, 5) is 27.4. The Kier molecular flexibility index (Phi) is 9.85. The Labute approximate surface area is 203 Å². The third-order valence-electron chi connectivity index (χ3n) is 5.06. The van der Waals surface area contributed by atoms with E-state index in [-0.39, 0.29) is 18.1 Å². The maximum Gasteiger partial charge on any atom is 0.244 e. The van der Waals surface area contributed by atoms with Crippen LogP contribution in [0.2, 0.25) is 0 Å². The van der Waals surface area contributed by atoms with E-state index in [1.54, 1.807) is 19.1 Å². The highest BCUT2D eigenvalue weighted by molar-refractivity contribution is 9.10. The first-order valence-electron chi connectivity index (χ1n) is 10.6. The maximum atomic E-state index is 14.4. The first kappa shape index (κ1) is 26.8. The summed E-state index contributed by atoms with van der Waals surface area (Å²) < 4.78 is 40.8. The van der Waals surface area contributed by atoms with Gasteiger partial charge in [0.1, 0.15) is 18.4 Å². The molecule has 0 bridgehead atoms. The van der Waals surface area contributed by atoms with Crippen molar-refractivity contribution < 1.29 is 22.4 Å². The molecule has 0 aliphatic rings. The van der Waals surface area contributed by atoms with Crippen LogP contribution in [-0.2, 0) is 26.2 Å². The van der Waals surface area contributed by atoms with Crippen LogP contribution in [0.4, 0.5) is 10.1 Å². The van der Waals surface area contributed by atoms with Crippen LogP contribution in [-0.4, -0.2) is 50.5 Å². The molecule has 1 unspecified atom stereocenters. The number of para-hydroxylation sites is 1. The van der Waals surface area contributed by atoms with Gasteiger partial charge in [0.15, 0.2) is 0 Å². The van der Waals surface area contributed by atoms with Gasteiger partial charge in [-0.15, -0.1) is 0 Å². The first-order valence-corrected chi connectivity index (χ1v) is 13.2. The van der Waals surface area contributed by atoms with E-state index < -0.39 is 34.3 Å². The highest BCUT2D eigenvalue weighted by Gasteiger charge is 2.30. The van der Waals surface area contributed by atoms with Crippen molar-refractivity contribution in [1.82, 2.24) is 10.2 Å². The molecule has 0 spiro atoms. The van der Waals surface area contributed by atoms with E-state index in [0.717, 1.165) is 39.5 Å². The molecule has 1 atom stereocenters. The standard InChI is InChI=1S/C23H29BrFN3O4S/c1-4-5-14-26-23(30)17(2)27(15-18-10-12-19(24)13-11-18)22(29)16-28(33(3,31)32)21-9-7-6-8-20(21)25/h6-13,17H,4-5,14-16H2,1-3H3,(H,26,30). The zero-order valence-corrected chi connectivity index (χ0v) is 21.3. The van der Waals surface area contributed by atoms with Crippen LogP contribution in [0.3, 0.4) is 0 Å². The second-order valence-electron chi connectivity index (χ2n) is 7.69. The number of nitrogens with one attached hydrogen (secondary N) is 1. The molecule has 10 heteroatoms. The molecular formula is C23H29BrFN3O4S. The molecule has 33 heavy (non-hydrogen) atoms. The summed E-state index contributed by atoms with van der Waals surface area (Å²) in [6.45, 7) is 3.52. The van der Waals surface area contributed by atoms with Crippen molar-refractivity contribution in [1.29, 1.82) is 0 Å². The van der Waals surface area contributed by atoms with E-state index in [4.69, 9.17) is 0 Å². The summed E-state index contributed by atoms with van der Waals surface area (Å²) in [5, 5.41) is 2.81. The average molecular weight is 542 g/mol. The smallest absolute Gasteiger partial charge is 0.244 e. The van der Waals surface area contributed by atoms with Gasteiger partial charge < -0.3 is 10.2 Å². The Balaban J connectivity index is 2.34. The Hall–Kier alpha value is -2.46. The minimum absolute atomic E-state index is 0.0867. The number of halogens is 2. The number of nitrogens with zero attached hydrogens (tertiary/aromatic N) is 2. The van der Waals surface area contributed by atoms with Gasteiger partial charge in [-0.25, -0.2) is 12.8 Å². The molecule has 2 amide bonds. The Bertz CT molecular complexity index is 1060. The minimum atomic E-state index is -3.97. The van der Waals surface area contributed by atoms with Gasteiger partial charge in [0.05, 0.1) is 11.9 Å². The normalized spacial score (nSPS) is 12.2. The molecule has 2 aromatic rings. The average Bonchev–Trinajstić information content (AvgIpc) is 2.76. The lowest BCUT2D eigenvalue weighted by Crippen LogP contribution is -2.51. The van der Waals surface area contributed by atoms with E-state index in [9.17, 15) is 22.4 Å². The highest BCUT2D eigenvalue weighted by atomic mass is 79.9. The van der Waals surface area contributed by atoms with Crippen LogP contribution < -0.4 is 9.62 Å². The molecule has 0 saturated carbocycles. The fourth-order valence-corrected chi connectivity index (χ4v) is 4.27. The summed E-state index contributed by atoms with van der Waals surface area (Å²) >= 11 is 3.36. The van der Waals surface area contributed by atoms with Crippen molar-refractivity contribution in [3.05, 3.63) is 64.4 Å². The lowest BCUT2D eigenvalue weighted by molar-refractivity contribution is -0.139. The summed E-state index contributed by atoms with van der Waals surface area (Å²) in [6.07, 6.45) is 2.61. The van der Waals surface area contributed by atoms with Gasteiger partial charge in [-0.3, -0.25) is 13.9 Å². The summed E-state index contributed by atoms with van der Waals surface area (Å²) in [7, 11) is -3.97. The molecule has 2 rings (SSSR count). The Morgan fingerprint density at radius 3 is 2.33 bits per heavy atom. The number of sulfonamides is 1. The number of benzene rings is 2. The van der Waals surface area contributed by atoms with Crippen LogP contribution >= 0.6 is 15.9 Å². The fraction of sp³-hybridized carbons (Fsp3) is 0.391. The van der Waals surface area contributed by atoms with Gasteiger partial charge in [-0.2, -0.15) is 0 Å². The van der Waals surface area contributed by atoms with Crippen molar-refractivity contribution in [2.24, 2.45) is 0 Å². The second-order valence-corrected chi connectivity index (χ2v) is 10.5. The molecule has 0 heterocycles. The topological polar surface area (TPSA) is 86.8 Å². The van der Waals surface area contributed by atoms with Gasteiger partial charge in [-0.1, -0.05) is 53.5 Å². The van der Waals surface area contributed by atoms with E-state index in [1.807, 2.05) is 19.1 Å². The lowest BCUT2D eigenvalue weighted by atomic mass is 10.1. The molecule has 2 aromatic carbocycles. The summed E-state index contributed by atoms with van der Waals surface area (Å²) in [5.74, 6) is -1.73. The first-order chi connectivity index (χ1) is 15.5. The number of carbonyl (C=O) groups is 2. The van der Waals surface area contributed by atoms with E-state index in [0.29, 0.717) is 6.54 Å². The van der Waals surface area contributed by atoms with Gasteiger partial charge in [-0.05, 0) is 43.2 Å². The zero-order chi connectivity index (χ0) is 24.6. The number of unbranched alkanes of at least 4 members (excludes halogenated alkanes) is 1. The zero-order valence-electron chi connectivity index (χ0n) is 18.9. The highest BCUT2D eigenvalue weighted by Crippen LogP contribution is 2.22. The van der Waals surface area contributed by atoms with E-state index in [1.165, 1.54) is 23.1 Å². The summed E-state index contributed by atoms with van der Waals surface area (Å²) in [5.41, 5.74) is 0.536. The van der Waals surface area contributed by atoms with Crippen molar-refractivity contribution >= 4 is 43.5 Å². The Morgan fingerprint density at radius 1 is 1.12 bits per heavy atom. The third kappa shape index (κ3) is 7.82. The monoisotopic (exact) mass is 541 g/mol. The Morgan fingerprint density at radius 2 is 1.76 bits per heavy atom. The fourth-order valence-electron chi connectivity index (χ4n) is 3.15. The van der Waals surface area contributed by atoms with Crippen molar-refractivity contribution in [2.45, 2.75) is 39.3 Å². The molecule has 0 aromatic heterocycles. The van der Waals surface area contributed by atoms with Crippen molar-refractivity contribution in [3.63, 3.8) is 0 Å². The molecule has 0 aliphatic carbocycles. The van der Waals surface area contributed by atoms with Crippen LogP contribution in [0.25, 0.3) is 0 Å². The van der Waals surface area contributed by atoms with Crippen LogP contribution in [0.1, 0.15) is 32.3 Å². The van der Waals surface area contributed by atoms with Crippen LogP contribution in [0.15, 0.2) is 53.0 Å². The summed E-state index contributed by atoms with van der Waals surface area (Å²) in [6, 6.07) is 11.7. The molecule has 0 radical (unpaired) electrons. The van der Waals surface area contributed by atoms with Gasteiger partial charge in [0.2, 0.25) is 21.8 Å². The van der Waals surface area contributed by atoms with Crippen LogP contribution in [0.5, 0.6) is 0 Å². The number of rotatable bonds is 11. The van der Waals surface area contributed by atoms with Gasteiger partial charge in [0.25, 0.3) is 0 Å². The predicted octanol–water partition coefficient (Wildman–Crippen LogP) is 3.69. The molecular weight excluding hydrogens is 513 g/mol. The predicted molar refractivity (Wildman–Crippen MR) is 131 cm³/mol. The number of anilines is 1. The van der Waals surface area contributed by atoms with Crippen molar-refractivity contribution in [3.8, 4) is 0 Å². The SMILES string of the molecule is CCCCNC(=O)C(C)N(Cc1ccc(Br)cc1)C(=O)CN(c1ccccc1F)S(C)(=O)=O. The largest absolute Gasteiger partial charge is 0.354 e. The second kappa shape index (κ2) is 12.1. The number of carbonyl (C=O) groups excluding carboxylic acids is 2. The molecule has 180 valence electrons. The third-order valence-corrected chi connectivity index (χ3v) is 6.72. The quantitative estimate of drug-likeness (QED) is 0.439. The van der Waals surface area contributed by atoms with Crippen LogP contribution in [0, 0.1) is 5.82 Å². The number of hydrogen-bond acceptors (Lipinski definition) is 4. The molecule has 1 N–H and O–H groups in total. The number of hydrogen-bond donors (Lipinski definition) is 1. The van der Waals surface area contributed by atoms with Gasteiger partial charge in [0, 0.05) is 17.6 Å². The molecule has 7 nitrogen and oxygen atoms in total. The molecule has 0 aliphatic heterocycles. The number of amides is 2. The van der Waals surface area contributed by atoms with E-state index in [2.05, 4.69) is 21.2 Å². The van der Waals surface area contributed by atoms with E-state index >= 15 is 0 Å².